The largest absolute Gasteiger partial charge is 0.310 e. The van der Waals surface area contributed by atoms with Crippen LogP contribution in [0.2, 0.25) is 0 Å². The fourth-order valence-electron chi connectivity index (χ4n) is 8.82. The quantitative estimate of drug-likeness (QED) is 0.186. The minimum absolute atomic E-state index is 0.00321. The first-order chi connectivity index (χ1) is 23.4. The van der Waals surface area contributed by atoms with Gasteiger partial charge in [-0.1, -0.05) is 159 Å². The number of anilines is 3. The van der Waals surface area contributed by atoms with Gasteiger partial charge in [-0.15, -0.1) is 0 Å². The van der Waals surface area contributed by atoms with E-state index in [4.69, 9.17) is 0 Å². The predicted octanol–water partition coefficient (Wildman–Crippen LogP) is 13.3. The van der Waals surface area contributed by atoms with Gasteiger partial charge in [-0.05, 0) is 108 Å². The molecule has 0 spiro atoms. The van der Waals surface area contributed by atoms with Crippen LogP contribution in [-0.2, 0) is 21.7 Å². The third-order valence-corrected chi connectivity index (χ3v) is 13.0. The van der Waals surface area contributed by atoms with Crippen molar-refractivity contribution in [2.75, 3.05) is 4.90 Å². The summed E-state index contributed by atoms with van der Waals surface area (Å²) in [4.78, 5) is 2.43. The Hall–Kier alpha value is -4.88. The van der Waals surface area contributed by atoms with E-state index < -0.39 is 0 Å². The van der Waals surface area contributed by atoms with E-state index in [1.165, 1.54) is 55.6 Å². The van der Waals surface area contributed by atoms with E-state index in [-0.39, 0.29) is 21.7 Å². The number of hydrogen-bond acceptors (Lipinski definition) is 1. The van der Waals surface area contributed by atoms with Crippen LogP contribution >= 0.6 is 0 Å². The Labute approximate surface area is 293 Å². The number of nitrogens with zero attached hydrogens (tertiary/aromatic N) is 1. The van der Waals surface area contributed by atoms with Crippen LogP contribution in [0.15, 0.2) is 140 Å². The van der Waals surface area contributed by atoms with Crippen molar-refractivity contribution < 1.29 is 0 Å². The van der Waals surface area contributed by atoms with Crippen LogP contribution in [0.25, 0.3) is 33.4 Å². The molecule has 6 aromatic rings. The predicted molar refractivity (Wildman–Crippen MR) is 210 cm³/mol. The minimum atomic E-state index is -0.0884. The van der Waals surface area contributed by atoms with E-state index >= 15 is 0 Å². The van der Waals surface area contributed by atoms with Crippen molar-refractivity contribution in [1.82, 2.24) is 0 Å². The summed E-state index contributed by atoms with van der Waals surface area (Å²) in [5.41, 5.74) is 16.9. The van der Waals surface area contributed by atoms with Gasteiger partial charge >= 0.3 is 0 Å². The standard InChI is InChI=1S/C48H47N/c1-45(2)42-27-15-13-23-38(42)40-31-35(28-29-43(40)46(45,3)4)49(33-19-10-9-11-20-33)34-21-16-18-32(30-34)36-24-17-25-39-37-22-12-14-26-41(37)47(5,6)48(7,8)44(36)39/h9-31H,1-8H3. The zero-order valence-corrected chi connectivity index (χ0v) is 30.2. The summed E-state index contributed by atoms with van der Waals surface area (Å²) in [5, 5.41) is 0. The number of hydrogen-bond donors (Lipinski definition) is 0. The van der Waals surface area contributed by atoms with Crippen molar-refractivity contribution in [2.45, 2.75) is 77.0 Å². The number of para-hydroxylation sites is 1. The average Bonchev–Trinajstić information content (AvgIpc) is 3.11. The Morgan fingerprint density at radius 1 is 0.327 bits per heavy atom. The molecule has 0 saturated heterocycles. The zero-order valence-electron chi connectivity index (χ0n) is 30.2. The van der Waals surface area contributed by atoms with Crippen LogP contribution in [0.3, 0.4) is 0 Å². The maximum Gasteiger partial charge on any atom is 0.0468 e. The smallest absolute Gasteiger partial charge is 0.0468 e. The highest BCUT2D eigenvalue weighted by Gasteiger charge is 2.47. The molecule has 0 unspecified atom stereocenters. The van der Waals surface area contributed by atoms with Gasteiger partial charge in [-0.3, -0.25) is 0 Å². The summed E-state index contributed by atoms with van der Waals surface area (Å²) in [5.74, 6) is 0. The van der Waals surface area contributed by atoms with Crippen molar-refractivity contribution in [1.29, 1.82) is 0 Å². The summed E-state index contributed by atoms with van der Waals surface area (Å²) in [6.07, 6.45) is 0. The highest BCUT2D eigenvalue weighted by Crippen LogP contribution is 2.57. The summed E-state index contributed by atoms with van der Waals surface area (Å²) in [7, 11) is 0. The van der Waals surface area contributed by atoms with Crippen LogP contribution in [0.1, 0.15) is 77.6 Å². The molecule has 1 nitrogen and oxygen atoms in total. The van der Waals surface area contributed by atoms with Crippen molar-refractivity contribution in [3.05, 3.63) is 162 Å². The Morgan fingerprint density at radius 2 is 0.796 bits per heavy atom. The van der Waals surface area contributed by atoms with E-state index in [1.54, 1.807) is 0 Å². The van der Waals surface area contributed by atoms with Crippen molar-refractivity contribution >= 4 is 17.1 Å². The lowest BCUT2D eigenvalue weighted by Crippen LogP contribution is -2.43. The highest BCUT2D eigenvalue weighted by molar-refractivity contribution is 5.89. The van der Waals surface area contributed by atoms with Crippen LogP contribution < -0.4 is 4.90 Å². The summed E-state index contributed by atoms with van der Waals surface area (Å²) in [6.45, 7) is 19.3. The molecule has 0 heterocycles. The fourth-order valence-corrected chi connectivity index (χ4v) is 8.82. The molecule has 0 fully saturated rings. The third kappa shape index (κ3) is 4.44. The molecule has 0 amide bonds. The molecule has 0 bridgehead atoms. The van der Waals surface area contributed by atoms with Crippen molar-refractivity contribution in [3.8, 4) is 33.4 Å². The molecule has 0 saturated carbocycles. The van der Waals surface area contributed by atoms with Crippen molar-refractivity contribution in [2.24, 2.45) is 0 Å². The maximum absolute atomic E-state index is 2.43. The highest BCUT2D eigenvalue weighted by atomic mass is 15.1. The van der Waals surface area contributed by atoms with Gasteiger partial charge in [0.2, 0.25) is 0 Å². The minimum Gasteiger partial charge on any atom is -0.310 e. The molecule has 0 radical (unpaired) electrons. The maximum atomic E-state index is 2.43. The second kappa shape index (κ2) is 10.8. The number of rotatable bonds is 4. The summed E-state index contributed by atoms with van der Waals surface area (Å²) in [6, 6.07) is 52.0. The van der Waals surface area contributed by atoms with Crippen molar-refractivity contribution in [3.63, 3.8) is 0 Å². The van der Waals surface area contributed by atoms with Crippen LogP contribution in [-0.4, -0.2) is 0 Å². The van der Waals surface area contributed by atoms with Gasteiger partial charge in [0, 0.05) is 22.5 Å². The van der Waals surface area contributed by atoms with Gasteiger partial charge in [-0.2, -0.15) is 0 Å². The molecular weight excluding hydrogens is 591 g/mol. The molecule has 2 aliphatic rings. The monoisotopic (exact) mass is 637 g/mol. The summed E-state index contributed by atoms with van der Waals surface area (Å²) >= 11 is 0. The SMILES string of the molecule is CC1(C)c2ccccc2-c2cc(N(c3ccccc3)c3cccc(-c4cccc5c4C(C)(C)C(C)(C)c4ccccc4-5)c3)ccc2C1(C)C. The van der Waals surface area contributed by atoms with Gasteiger partial charge < -0.3 is 4.90 Å². The zero-order chi connectivity index (χ0) is 34.3. The third-order valence-electron chi connectivity index (χ3n) is 13.0. The molecule has 49 heavy (non-hydrogen) atoms. The Morgan fingerprint density at radius 3 is 1.47 bits per heavy atom. The molecule has 0 N–H and O–H groups in total. The molecule has 244 valence electrons. The van der Waals surface area contributed by atoms with Crippen LogP contribution in [0.5, 0.6) is 0 Å². The second-order valence-corrected chi connectivity index (χ2v) is 16.3. The van der Waals surface area contributed by atoms with Gasteiger partial charge in [0.25, 0.3) is 0 Å². The molecule has 0 aromatic heterocycles. The van der Waals surface area contributed by atoms with Gasteiger partial charge in [0.05, 0.1) is 0 Å². The van der Waals surface area contributed by atoms with E-state index in [9.17, 15) is 0 Å². The molecular formula is C48H47N. The first-order valence-electron chi connectivity index (χ1n) is 17.8. The van der Waals surface area contributed by atoms with Crippen LogP contribution in [0.4, 0.5) is 17.1 Å². The van der Waals surface area contributed by atoms with Gasteiger partial charge in [0.15, 0.2) is 0 Å². The second-order valence-electron chi connectivity index (χ2n) is 16.3. The Balaban J connectivity index is 1.32. The first-order valence-corrected chi connectivity index (χ1v) is 17.8. The van der Waals surface area contributed by atoms with E-state index in [0.29, 0.717) is 0 Å². The van der Waals surface area contributed by atoms with Gasteiger partial charge in [-0.25, -0.2) is 0 Å². The average molecular weight is 638 g/mol. The molecule has 1 heteroatoms. The van der Waals surface area contributed by atoms with E-state index in [2.05, 4.69) is 200 Å². The van der Waals surface area contributed by atoms with E-state index in [0.717, 1.165) is 17.1 Å². The number of fused-ring (bicyclic) bond motifs is 6. The fraction of sp³-hybridized carbons (Fsp3) is 0.250. The summed E-state index contributed by atoms with van der Waals surface area (Å²) < 4.78 is 0. The van der Waals surface area contributed by atoms with E-state index in [1.807, 2.05) is 0 Å². The Kier molecular flexibility index (Phi) is 6.93. The lowest BCUT2D eigenvalue weighted by molar-refractivity contribution is 0.299. The molecule has 6 aromatic carbocycles. The first kappa shape index (κ1) is 31.4. The molecule has 0 atom stereocenters. The molecule has 2 aliphatic carbocycles. The lowest BCUT2D eigenvalue weighted by atomic mass is 9.54. The molecule has 0 aliphatic heterocycles. The van der Waals surface area contributed by atoms with Crippen LogP contribution in [0, 0.1) is 0 Å². The normalized spacial score (nSPS) is 17.2. The molecule has 8 rings (SSSR count). The topological polar surface area (TPSA) is 3.24 Å². The van der Waals surface area contributed by atoms with Gasteiger partial charge in [0.1, 0.15) is 0 Å². The number of benzene rings is 6. The lowest BCUT2D eigenvalue weighted by Gasteiger charge is -2.49. The Bertz CT molecular complexity index is 2230.